The van der Waals surface area contributed by atoms with Crippen LogP contribution in [0.15, 0.2) is 53.3 Å². The molecule has 26 heavy (non-hydrogen) atoms. The smallest absolute Gasteiger partial charge is 0.272 e. The summed E-state index contributed by atoms with van der Waals surface area (Å²) >= 11 is 0. The van der Waals surface area contributed by atoms with Gasteiger partial charge in [-0.1, -0.05) is 42.5 Å². The average molecular weight is 345 g/mol. The maximum absolute atomic E-state index is 12.7. The van der Waals surface area contributed by atoms with Crippen LogP contribution >= 0.6 is 0 Å². The van der Waals surface area contributed by atoms with Crippen molar-refractivity contribution < 1.29 is 4.79 Å². The molecule has 130 valence electrons. The molecule has 5 rings (SSSR count). The molecule has 1 spiro atoms. The molecule has 0 aliphatic heterocycles. The van der Waals surface area contributed by atoms with Crippen molar-refractivity contribution in [1.82, 2.24) is 15.5 Å². The Balaban J connectivity index is 1.35. The Morgan fingerprint density at radius 3 is 2.81 bits per heavy atom. The molecule has 0 unspecified atom stereocenters. The van der Waals surface area contributed by atoms with Crippen LogP contribution in [0.3, 0.4) is 0 Å². The number of nitrogens with zero attached hydrogens (tertiary/aromatic N) is 1. The SMILES string of the molecule is O=C(NC[C@H]1C[C@@]12CCc1ccccc12)c1n[nH]c(=O)c2ccccc12. The highest BCUT2D eigenvalue weighted by Crippen LogP contribution is 2.61. The first-order valence-electron chi connectivity index (χ1n) is 9.03. The monoisotopic (exact) mass is 345 g/mol. The second-order valence-electron chi connectivity index (χ2n) is 7.37. The van der Waals surface area contributed by atoms with Crippen LogP contribution < -0.4 is 10.9 Å². The summed E-state index contributed by atoms with van der Waals surface area (Å²) in [5.41, 5.74) is 3.17. The van der Waals surface area contributed by atoms with Crippen LogP contribution in [0.2, 0.25) is 0 Å². The van der Waals surface area contributed by atoms with Gasteiger partial charge in [0, 0.05) is 17.3 Å². The molecule has 3 aromatic rings. The van der Waals surface area contributed by atoms with E-state index >= 15 is 0 Å². The molecule has 5 nitrogen and oxygen atoms in total. The standard InChI is InChI=1S/C21H19N3O2/c25-19-16-7-3-2-6-15(16)18(23-24-19)20(26)22-12-14-11-21(14)10-9-13-5-1-4-8-17(13)21/h1-8,14H,9-12H2,(H,22,26)(H,24,25)/t14-,21+/m1/s1. The fourth-order valence-electron chi connectivity index (χ4n) is 4.59. The quantitative estimate of drug-likeness (QED) is 0.766. The summed E-state index contributed by atoms with van der Waals surface area (Å²) in [6.07, 6.45) is 3.43. The average Bonchev–Trinajstić information content (AvgIpc) is 3.26. The molecule has 1 fully saturated rings. The number of hydrogen-bond acceptors (Lipinski definition) is 3. The number of fused-ring (bicyclic) bond motifs is 3. The van der Waals surface area contributed by atoms with Crippen LogP contribution in [0.5, 0.6) is 0 Å². The number of benzene rings is 2. The summed E-state index contributed by atoms with van der Waals surface area (Å²) in [5.74, 6) is 0.245. The number of rotatable bonds is 3. The molecule has 1 heterocycles. The van der Waals surface area contributed by atoms with E-state index < -0.39 is 0 Å². The van der Waals surface area contributed by atoms with Crippen molar-refractivity contribution in [3.8, 4) is 0 Å². The van der Waals surface area contributed by atoms with Crippen LogP contribution in [0.4, 0.5) is 0 Å². The first-order valence-corrected chi connectivity index (χ1v) is 9.03. The molecule has 2 aromatic carbocycles. The molecular formula is C21H19N3O2. The number of carbonyl (C=O) groups excluding carboxylic acids is 1. The summed E-state index contributed by atoms with van der Waals surface area (Å²) < 4.78 is 0. The number of nitrogens with one attached hydrogen (secondary N) is 2. The number of aromatic amines is 1. The van der Waals surface area contributed by atoms with E-state index in [0.29, 0.717) is 23.2 Å². The lowest BCUT2D eigenvalue weighted by molar-refractivity contribution is 0.0946. The van der Waals surface area contributed by atoms with E-state index in [1.807, 2.05) is 6.07 Å². The van der Waals surface area contributed by atoms with Crippen LogP contribution in [0.1, 0.15) is 34.5 Å². The molecule has 0 radical (unpaired) electrons. The summed E-state index contributed by atoms with van der Waals surface area (Å²) in [4.78, 5) is 24.5. The first-order chi connectivity index (χ1) is 12.7. The number of hydrogen-bond donors (Lipinski definition) is 2. The zero-order valence-corrected chi connectivity index (χ0v) is 14.3. The Morgan fingerprint density at radius 1 is 1.15 bits per heavy atom. The van der Waals surface area contributed by atoms with Gasteiger partial charge in [-0.25, -0.2) is 5.10 Å². The Kier molecular flexibility index (Phi) is 3.26. The van der Waals surface area contributed by atoms with Crippen molar-refractivity contribution in [2.45, 2.75) is 24.7 Å². The molecule has 1 aromatic heterocycles. The molecule has 2 atom stereocenters. The lowest BCUT2D eigenvalue weighted by Gasteiger charge is -2.12. The number of carbonyl (C=O) groups is 1. The van der Waals surface area contributed by atoms with Crippen molar-refractivity contribution in [2.24, 2.45) is 5.92 Å². The van der Waals surface area contributed by atoms with Gasteiger partial charge < -0.3 is 5.32 Å². The third-order valence-corrected chi connectivity index (χ3v) is 6.05. The summed E-state index contributed by atoms with van der Waals surface area (Å²) in [6.45, 7) is 0.641. The molecule has 2 aliphatic rings. The topological polar surface area (TPSA) is 74.8 Å². The minimum Gasteiger partial charge on any atom is -0.350 e. The predicted octanol–water partition coefficient (Wildman–Crippen LogP) is 2.56. The van der Waals surface area contributed by atoms with E-state index in [4.69, 9.17) is 0 Å². The second-order valence-corrected chi connectivity index (χ2v) is 7.37. The van der Waals surface area contributed by atoms with Crippen molar-refractivity contribution in [2.75, 3.05) is 6.54 Å². The minimum absolute atomic E-state index is 0.231. The van der Waals surface area contributed by atoms with E-state index in [2.05, 4.69) is 39.8 Å². The molecule has 1 saturated carbocycles. The van der Waals surface area contributed by atoms with Crippen LogP contribution in [-0.4, -0.2) is 22.6 Å². The minimum atomic E-state index is -0.277. The van der Waals surface area contributed by atoms with Crippen molar-refractivity contribution in [3.63, 3.8) is 0 Å². The van der Waals surface area contributed by atoms with Gasteiger partial charge in [0.05, 0.1) is 5.39 Å². The normalized spacial score (nSPS) is 23.2. The van der Waals surface area contributed by atoms with Gasteiger partial charge in [-0.15, -0.1) is 0 Å². The van der Waals surface area contributed by atoms with Gasteiger partial charge in [0.15, 0.2) is 5.69 Å². The van der Waals surface area contributed by atoms with E-state index in [1.165, 1.54) is 17.5 Å². The largest absolute Gasteiger partial charge is 0.350 e. The van der Waals surface area contributed by atoms with E-state index in [1.54, 1.807) is 18.2 Å². The molecule has 0 saturated heterocycles. The highest BCUT2D eigenvalue weighted by molar-refractivity contribution is 6.04. The molecular weight excluding hydrogens is 326 g/mol. The summed E-state index contributed by atoms with van der Waals surface area (Å²) in [6, 6.07) is 15.7. The van der Waals surface area contributed by atoms with E-state index in [-0.39, 0.29) is 22.6 Å². The molecule has 0 bridgehead atoms. The van der Waals surface area contributed by atoms with Gasteiger partial charge >= 0.3 is 0 Å². The van der Waals surface area contributed by atoms with E-state index in [0.717, 1.165) is 12.8 Å². The third-order valence-electron chi connectivity index (χ3n) is 6.05. The fourth-order valence-corrected chi connectivity index (χ4v) is 4.59. The molecule has 5 heteroatoms. The van der Waals surface area contributed by atoms with Gasteiger partial charge in [-0.2, -0.15) is 5.10 Å². The number of H-pyrrole nitrogens is 1. The predicted molar refractivity (Wildman–Crippen MR) is 99.2 cm³/mol. The molecule has 2 aliphatic carbocycles. The molecule has 2 N–H and O–H groups in total. The Bertz CT molecular complexity index is 1090. The van der Waals surface area contributed by atoms with Crippen molar-refractivity contribution >= 4 is 16.7 Å². The number of amides is 1. The highest BCUT2D eigenvalue weighted by atomic mass is 16.2. The Morgan fingerprint density at radius 2 is 1.92 bits per heavy atom. The summed E-state index contributed by atoms with van der Waals surface area (Å²) in [5, 5.41) is 10.5. The van der Waals surface area contributed by atoms with Crippen LogP contribution in [0.25, 0.3) is 10.8 Å². The maximum Gasteiger partial charge on any atom is 0.272 e. The lowest BCUT2D eigenvalue weighted by atomic mass is 9.95. The van der Waals surface area contributed by atoms with Crippen LogP contribution in [-0.2, 0) is 11.8 Å². The van der Waals surface area contributed by atoms with E-state index in [9.17, 15) is 9.59 Å². The van der Waals surface area contributed by atoms with Crippen LogP contribution in [0, 0.1) is 5.92 Å². The van der Waals surface area contributed by atoms with Gasteiger partial charge in [-0.3, -0.25) is 9.59 Å². The maximum atomic E-state index is 12.7. The highest BCUT2D eigenvalue weighted by Gasteiger charge is 2.57. The zero-order chi connectivity index (χ0) is 17.7. The van der Waals surface area contributed by atoms with Gasteiger partial charge in [0.25, 0.3) is 11.5 Å². The van der Waals surface area contributed by atoms with Crippen molar-refractivity contribution in [1.29, 1.82) is 0 Å². The second kappa shape index (κ2) is 5.53. The first kappa shape index (κ1) is 15.3. The van der Waals surface area contributed by atoms with Crippen molar-refractivity contribution in [3.05, 3.63) is 75.7 Å². The van der Waals surface area contributed by atoms with Gasteiger partial charge in [0.1, 0.15) is 0 Å². The lowest BCUT2D eigenvalue weighted by Crippen LogP contribution is -2.29. The third kappa shape index (κ3) is 2.20. The van der Waals surface area contributed by atoms with Gasteiger partial charge in [0.2, 0.25) is 0 Å². The zero-order valence-electron chi connectivity index (χ0n) is 14.3. The number of aryl methyl sites for hydroxylation is 1. The fraction of sp³-hybridized carbons (Fsp3) is 0.286. The number of aromatic nitrogens is 2. The Hall–Kier alpha value is -2.95. The molecule has 1 amide bonds. The summed E-state index contributed by atoms with van der Waals surface area (Å²) in [7, 11) is 0. The van der Waals surface area contributed by atoms with Gasteiger partial charge in [-0.05, 0) is 42.4 Å². The Labute approximate surface area is 150 Å².